The molecule has 3 N–H and O–H groups in total. The highest BCUT2D eigenvalue weighted by Gasteiger charge is 2.05. The molecule has 2 nitrogen and oxygen atoms in total. The van der Waals surface area contributed by atoms with E-state index in [1.165, 1.54) is 12.8 Å². The minimum absolute atomic E-state index is 0.425. The first-order chi connectivity index (χ1) is 5.39. The summed E-state index contributed by atoms with van der Waals surface area (Å²) in [6.07, 6.45) is 2.45. The molecule has 0 amide bonds. The summed E-state index contributed by atoms with van der Waals surface area (Å²) >= 11 is 0. The van der Waals surface area contributed by atoms with Gasteiger partial charge in [-0.05, 0) is 19.4 Å². The van der Waals surface area contributed by atoms with E-state index in [4.69, 9.17) is 5.73 Å². The molecule has 1 fully saturated rings. The van der Waals surface area contributed by atoms with Crippen LogP contribution in [0, 0.1) is 0 Å². The van der Waals surface area contributed by atoms with Crippen molar-refractivity contribution in [3.05, 3.63) is 0 Å². The summed E-state index contributed by atoms with van der Waals surface area (Å²) in [6.45, 7) is 10.2. The first-order valence-corrected chi connectivity index (χ1v) is 4.86. The van der Waals surface area contributed by atoms with Crippen LogP contribution in [-0.4, -0.2) is 19.1 Å². The zero-order chi connectivity index (χ0) is 9.11. The van der Waals surface area contributed by atoms with Crippen LogP contribution in [0.2, 0.25) is 0 Å². The van der Waals surface area contributed by atoms with Gasteiger partial charge in [-0.25, -0.2) is 0 Å². The van der Waals surface area contributed by atoms with Gasteiger partial charge in [-0.3, -0.25) is 0 Å². The molecule has 0 spiro atoms. The Labute approximate surface area is 71.6 Å². The third-order valence-corrected chi connectivity index (χ3v) is 1.33. The zero-order valence-electron chi connectivity index (χ0n) is 8.48. The second kappa shape index (κ2) is 12.6. The van der Waals surface area contributed by atoms with Gasteiger partial charge in [0.15, 0.2) is 0 Å². The van der Waals surface area contributed by atoms with E-state index in [-0.39, 0.29) is 0 Å². The normalized spacial score (nSPS) is 22.1. The lowest BCUT2D eigenvalue weighted by molar-refractivity contribution is 0.459. The lowest BCUT2D eigenvalue weighted by atomic mass is 10.1. The molecule has 70 valence electrons. The fraction of sp³-hybridized carbons (Fsp3) is 1.00. The van der Waals surface area contributed by atoms with Crippen LogP contribution in [-0.2, 0) is 0 Å². The number of nitrogens with one attached hydrogen (secondary N) is 1. The Morgan fingerprint density at radius 2 is 1.73 bits per heavy atom. The van der Waals surface area contributed by atoms with Crippen LogP contribution in [0.3, 0.4) is 0 Å². The van der Waals surface area contributed by atoms with Gasteiger partial charge in [-0.2, -0.15) is 0 Å². The Hall–Kier alpha value is -0.0800. The number of piperidine rings is 1. The van der Waals surface area contributed by atoms with Crippen molar-refractivity contribution in [1.82, 2.24) is 5.32 Å². The van der Waals surface area contributed by atoms with Gasteiger partial charge in [0.2, 0.25) is 0 Å². The van der Waals surface area contributed by atoms with Gasteiger partial charge in [0, 0.05) is 12.6 Å². The predicted octanol–water partition coefficient (Wildman–Crippen LogP) is 1.75. The highest BCUT2D eigenvalue weighted by Crippen LogP contribution is 1.96. The van der Waals surface area contributed by atoms with E-state index in [1.807, 2.05) is 27.7 Å². The number of rotatable bonds is 0. The van der Waals surface area contributed by atoms with E-state index >= 15 is 0 Å². The van der Waals surface area contributed by atoms with Gasteiger partial charge in [0.1, 0.15) is 0 Å². The average Bonchev–Trinajstić information content (AvgIpc) is 2.13. The van der Waals surface area contributed by atoms with Crippen molar-refractivity contribution >= 4 is 0 Å². The molecule has 0 aromatic carbocycles. The van der Waals surface area contributed by atoms with Crippen LogP contribution in [0.15, 0.2) is 0 Å². The minimum Gasteiger partial charge on any atom is -0.327 e. The second-order valence-electron chi connectivity index (χ2n) is 2.11. The molecule has 1 rings (SSSR count). The van der Waals surface area contributed by atoms with E-state index < -0.39 is 0 Å². The Bertz CT molecular complexity index is 49.5. The smallest absolute Gasteiger partial charge is 0.0165 e. The van der Waals surface area contributed by atoms with Crippen molar-refractivity contribution in [3.63, 3.8) is 0 Å². The Morgan fingerprint density at radius 3 is 1.91 bits per heavy atom. The molecule has 1 unspecified atom stereocenters. The van der Waals surface area contributed by atoms with E-state index in [0.29, 0.717) is 6.04 Å². The van der Waals surface area contributed by atoms with Gasteiger partial charge in [-0.1, -0.05) is 27.7 Å². The maximum absolute atomic E-state index is 5.57. The molecule has 0 aromatic rings. The van der Waals surface area contributed by atoms with Crippen molar-refractivity contribution in [2.45, 2.75) is 46.6 Å². The van der Waals surface area contributed by atoms with Gasteiger partial charge >= 0.3 is 0 Å². The summed E-state index contributed by atoms with van der Waals surface area (Å²) < 4.78 is 0. The summed E-state index contributed by atoms with van der Waals surface area (Å²) in [5.41, 5.74) is 5.57. The lowest BCUT2D eigenvalue weighted by Crippen LogP contribution is -2.39. The fourth-order valence-corrected chi connectivity index (χ4v) is 0.879. The third-order valence-electron chi connectivity index (χ3n) is 1.33. The molecule has 1 heterocycles. The molecule has 0 bridgehead atoms. The van der Waals surface area contributed by atoms with Crippen molar-refractivity contribution in [2.75, 3.05) is 13.1 Å². The first kappa shape index (κ1) is 13.5. The summed E-state index contributed by atoms with van der Waals surface area (Å²) in [4.78, 5) is 0. The predicted molar refractivity (Wildman–Crippen MR) is 52.8 cm³/mol. The number of hydrogen-bond donors (Lipinski definition) is 2. The zero-order valence-corrected chi connectivity index (χ0v) is 8.48. The Balaban J connectivity index is 0. The fourth-order valence-electron chi connectivity index (χ4n) is 0.879. The van der Waals surface area contributed by atoms with E-state index in [1.54, 1.807) is 0 Å². The summed E-state index contributed by atoms with van der Waals surface area (Å²) in [7, 11) is 0. The molecular formula is C9H24N2. The quantitative estimate of drug-likeness (QED) is 0.566. The molecule has 1 aliphatic rings. The van der Waals surface area contributed by atoms with Crippen molar-refractivity contribution in [3.8, 4) is 0 Å². The molecule has 1 saturated heterocycles. The Kier molecular flexibility index (Phi) is 15.4. The van der Waals surface area contributed by atoms with E-state index in [2.05, 4.69) is 5.32 Å². The maximum Gasteiger partial charge on any atom is 0.0165 e. The van der Waals surface area contributed by atoms with Crippen molar-refractivity contribution < 1.29 is 0 Å². The summed E-state index contributed by atoms with van der Waals surface area (Å²) in [5.74, 6) is 0. The largest absolute Gasteiger partial charge is 0.327 e. The van der Waals surface area contributed by atoms with Crippen LogP contribution in [0.5, 0.6) is 0 Å². The molecular weight excluding hydrogens is 136 g/mol. The van der Waals surface area contributed by atoms with Crippen molar-refractivity contribution in [1.29, 1.82) is 0 Å². The van der Waals surface area contributed by atoms with Crippen molar-refractivity contribution in [2.24, 2.45) is 5.73 Å². The molecule has 0 radical (unpaired) electrons. The molecule has 2 heteroatoms. The monoisotopic (exact) mass is 160 g/mol. The molecule has 0 aliphatic carbocycles. The number of hydrogen-bond acceptors (Lipinski definition) is 2. The summed E-state index contributed by atoms with van der Waals surface area (Å²) in [6, 6.07) is 0.425. The average molecular weight is 160 g/mol. The van der Waals surface area contributed by atoms with Gasteiger partial charge in [0.25, 0.3) is 0 Å². The van der Waals surface area contributed by atoms with Gasteiger partial charge in [0.05, 0.1) is 0 Å². The van der Waals surface area contributed by atoms with Gasteiger partial charge < -0.3 is 11.1 Å². The van der Waals surface area contributed by atoms with E-state index in [9.17, 15) is 0 Å². The number of nitrogens with two attached hydrogens (primary N) is 1. The van der Waals surface area contributed by atoms with Crippen LogP contribution in [0.25, 0.3) is 0 Å². The van der Waals surface area contributed by atoms with E-state index in [0.717, 1.165) is 13.1 Å². The molecule has 0 aromatic heterocycles. The first-order valence-electron chi connectivity index (χ1n) is 4.86. The lowest BCUT2D eigenvalue weighted by Gasteiger charge is -2.17. The second-order valence-corrected chi connectivity index (χ2v) is 2.11. The SMILES string of the molecule is CC.CC.NC1CCCNC1. The van der Waals surface area contributed by atoms with Crippen LogP contribution in [0.1, 0.15) is 40.5 Å². The molecule has 11 heavy (non-hydrogen) atoms. The maximum atomic E-state index is 5.57. The molecule has 0 saturated carbocycles. The van der Waals surface area contributed by atoms with Crippen LogP contribution < -0.4 is 11.1 Å². The molecule has 1 aliphatic heterocycles. The Morgan fingerprint density at radius 1 is 1.18 bits per heavy atom. The van der Waals surface area contributed by atoms with Crippen LogP contribution in [0.4, 0.5) is 0 Å². The summed E-state index contributed by atoms with van der Waals surface area (Å²) in [5, 5.41) is 3.21. The van der Waals surface area contributed by atoms with Gasteiger partial charge in [-0.15, -0.1) is 0 Å². The standard InChI is InChI=1S/C5H12N2.2C2H6/c6-5-2-1-3-7-4-5;2*1-2/h5,7H,1-4,6H2;2*1-2H3. The highest BCUT2D eigenvalue weighted by molar-refractivity contribution is 4.69. The highest BCUT2D eigenvalue weighted by atomic mass is 14.9. The minimum atomic E-state index is 0.425. The van der Waals surface area contributed by atoms with Crippen LogP contribution >= 0.6 is 0 Å². The third kappa shape index (κ3) is 9.92. The molecule has 1 atom stereocenters. The topological polar surface area (TPSA) is 38.0 Å².